The van der Waals surface area contributed by atoms with Gasteiger partial charge in [0.25, 0.3) is 5.91 Å². The van der Waals surface area contributed by atoms with E-state index in [0.717, 1.165) is 16.9 Å². The van der Waals surface area contributed by atoms with E-state index in [4.69, 9.17) is 13.9 Å². The van der Waals surface area contributed by atoms with Gasteiger partial charge >= 0.3 is 0 Å². The number of carbonyl (C=O) groups excluding carboxylic acids is 2. The van der Waals surface area contributed by atoms with E-state index in [-0.39, 0.29) is 11.7 Å². The lowest BCUT2D eigenvalue weighted by molar-refractivity contribution is 0.0185. The standard InChI is InChI=1S/C26H21NO5/c1-30-20-9-6-18(7-10-20)4-5-19-8-11-22-21(17-19)24(28)26(32-22)12-14-27(15-13-26)25(29)23-3-2-16-31-23/h2-3,6-11,16-17H,12-15H2,1H3. The van der Waals surface area contributed by atoms with Crippen molar-refractivity contribution in [3.63, 3.8) is 0 Å². The van der Waals surface area contributed by atoms with E-state index in [9.17, 15) is 9.59 Å². The second-order valence-corrected chi connectivity index (χ2v) is 7.88. The molecule has 3 aromatic rings. The number of piperidine rings is 1. The molecule has 3 heterocycles. The summed E-state index contributed by atoms with van der Waals surface area (Å²) in [5, 5.41) is 0. The molecule has 0 N–H and O–H groups in total. The Hall–Kier alpha value is -3.98. The average Bonchev–Trinajstić information content (AvgIpc) is 3.46. The van der Waals surface area contributed by atoms with Crippen LogP contribution in [-0.2, 0) is 0 Å². The third-order valence-electron chi connectivity index (χ3n) is 5.97. The van der Waals surface area contributed by atoms with Gasteiger partial charge in [0, 0.05) is 37.1 Å². The summed E-state index contributed by atoms with van der Waals surface area (Å²) in [6.07, 6.45) is 2.37. The second-order valence-electron chi connectivity index (χ2n) is 7.88. The predicted octanol–water partition coefficient (Wildman–Crippen LogP) is 3.94. The summed E-state index contributed by atoms with van der Waals surface area (Å²) in [4.78, 5) is 27.5. The number of amides is 1. The lowest BCUT2D eigenvalue weighted by Crippen LogP contribution is -2.51. The number of benzene rings is 2. The van der Waals surface area contributed by atoms with Gasteiger partial charge in [0.05, 0.1) is 18.9 Å². The monoisotopic (exact) mass is 427 g/mol. The van der Waals surface area contributed by atoms with Crippen molar-refractivity contribution in [3.05, 3.63) is 83.3 Å². The van der Waals surface area contributed by atoms with Gasteiger partial charge in [-0.2, -0.15) is 0 Å². The molecule has 2 aliphatic rings. The van der Waals surface area contributed by atoms with Crippen molar-refractivity contribution in [2.24, 2.45) is 0 Å². The number of Topliss-reactive ketones (excluding diaryl/α,β-unsaturated/α-hetero) is 1. The fourth-order valence-electron chi connectivity index (χ4n) is 4.15. The Morgan fingerprint density at radius 2 is 1.75 bits per heavy atom. The van der Waals surface area contributed by atoms with Crippen LogP contribution in [0.4, 0.5) is 0 Å². The van der Waals surface area contributed by atoms with Gasteiger partial charge in [-0.15, -0.1) is 0 Å². The number of ketones is 1. The van der Waals surface area contributed by atoms with Crippen molar-refractivity contribution in [2.45, 2.75) is 18.4 Å². The first kappa shape index (κ1) is 20.0. The molecule has 0 radical (unpaired) electrons. The minimum atomic E-state index is -0.912. The molecule has 160 valence electrons. The van der Waals surface area contributed by atoms with E-state index in [0.29, 0.717) is 43.0 Å². The molecular formula is C26H21NO5. The highest BCUT2D eigenvalue weighted by atomic mass is 16.5. The fourth-order valence-corrected chi connectivity index (χ4v) is 4.15. The lowest BCUT2D eigenvalue weighted by atomic mass is 9.85. The van der Waals surface area contributed by atoms with Gasteiger partial charge in [-0.1, -0.05) is 11.8 Å². The van der Waals surface area contributed by atoms with Crippen LogP contribution in [0.15, 0.2) is 65.3 Å². The van der Waals surface area contributed by atoms with Crippen LogP contribution in [0.2, 0.25) is 0 Å². The number of methoxy groups -OCH3 is 1. The maximum atomic E-state index is 13.3. The minimum Gasteiger partial charge on any atom is -0.497 e. The van der Waals surface area contributed by atoms with Crippen LogP contribution >= 0.6 is 0 Å². The number of furan rings is 1. The molecule has 1 fully saturated rings. The van der Waals surface area contributed by atoms with Crippen LogP contribution in [0, 0.1) is 11.8 Å². The number of likely N-dealkylation sites (tertiary alicyclic amines) is 1. The van der Waals surface area contributed by atoms with E-state index >= 15 is 0 Å². The molecule has 6 nitrogen and oxygen atoms in total. The van der Waals surface area contributed by atoms with Gasteiger partial charge in [-0.25, -0.2) is 0 Å². The summed E-state index contributed by atoms with van der Waals surface area (Å²) in [6.45, 7) is 0.868. The molecule has 0 unspecified atom stereocenters. The number of hydrogen-bond acceptors (Lipinski definition) is 5. The first-order chi connectivity index (χ1) is 15.6. The van der Waals surface area contributed by atoms with Crippen LogP contribution < -0.4 is 9.47 Å². The van der Waals surface area contributed by atoms with Gasteiger partial charge in [0.2, 0.25) is 5.78 Å². The maximum absolute atomic E-state index is 13.3. The van der Waals surface area contributed by atoms with Gasteiger partial charge in [0.15, 0.2) is 11.4 Å². The Labute approximate surface area is 185 Å². The highest BCUT2D eigenvalue weighted by Crippen LogP contribution is 2.41. The molecule has 6 heteroatoms. The van der Waals surface area contributed by atoms with Gasteiger partial charge in [0.1, 0.15) is 11.5 Å². The van der Waals surface area contributed by atoms with Crippen molar-refractivity contribution < 1.29 is 23.5 Å². The molecule has 1 spiro atoms. The Balaban J connectivity index is 1.30. The molecule has 5 rings (SSSR count). The molecule has 0 aliphatic carbocycles. The van der Waals surface area contributed by atoms with Crippen LogP contribution in [0.1, 0.15) is 44.9 Å². The van der Waals surface area contributed by atoms with Crippen molar-refractivity contribution >= 4 is 11.7 Å². The number of nitrogens with zero attached hydrogens (tertiary/aromatic N) is 1. The molecule has 0 saturated carbocycles. The fraction of sp³-hybridized carbons (Fsp3) is 0.231. The second kappa shape index (κ2) is 7.93. The van der Waals surface area contributed by atoms with Crippen molar-refractivity contribution in [1.29, 1.82) is 0 Å². The van der Waals surface area contributed by atoms with Crippen molar-refractivity contribution in [2.75, 3.05) is 20.2 Å². The number of ether oxygens (including phenoxy) is 2. The van der Waals surface area contributed by atoms with Gasteiger partial charge in [-0.05, 0) is 54.6 Å². The van der Waals surface area contributed by atoms with Gasteiger partial charge < -0.3 is 18.8 Å². The lowest BCUT2D eigenvalue weighted by Gasteiger charge is -2.37. The highest BCUT2D eigenvalue weighted by molar-refractivity contribution is 6.08. The van der Waals surface area contributed by atoms with Crippen LogP contribution in [0.25, 0.3) is 0 Å². The molecule has 0 bridgehead atoms. The van der Waals surface area contributed by atoms with E-state index in [2.05, 4.69) is 11.8 Å². The molecule has 1 aromatic heterocycles. The summed E-state index contributed by atoms with van der Waals surface area (Å²) < 4.78 is 16.5. The minimum absolute atomic E-state index is 0.0364. The topological polar surface area (TPSA) is 69.0 Å². The average molecular weight is 427 g/mol. The Morgan fingerprint density at radius 1 is 1.03 bits per heavy atom. The summed E-state index contributed by atoms with van der Waals surface area (Å²) >= 11 is 0. The summed E-state index contributed by atoms with van der Waals surface area (Å²) in [5.41, 5.74) is 1.25. The van der Waals surface area contributed by atoms with Crippen LogP contribution in [0.3, 0.4) is 0 Å². The predicted molar refractivity (Wildman–Crippen MR) is 117 cm³/mol. The van der Waals surface area contributed by atoms with E-state index in [1.54, 1.807) is 36.3 Å². The summed E-state index contributed by atoms with van der Waals surface area (Å²) in [7, 11) is 1.62. The number of hydrogen-bond donors (Lipinski definition) is 0. The molecule has 1 amide bonds. The summed E-state index contributed by atoms with van der Waals surface area (Å²) in [5.74, 6) is 7.69. The number of fused-ring (bicyclic) bond motifs is 1. The van der Waals surface area contributed by atoms with Crippen molar-refractivity contribution in [3.8, 4) is 23.3 Å². The van der Waals surface area contributed by atoms with Crippen LogP contribution in [-0.4, -0.2) is 42.4 Å². The zero-order chi connectivity index (χ0) is 22.1. The highest BCUT2D eigenvalue weighted by Gasteiger charge is 2.50. The molecule has 2 aliphatic heterocycles. The molecular weight excluding hydrogens is 406 g/mol. The van der Waals surface area contributed by atoms with E-state index < -0.39 is 5.60 Å². The normalized spacial score (nSPS) is 16.2. The number of rotatable bonds is 2. The first-order valence-electron chi connectivity index (χ1n) is 10.4. The molecule has 0 atom stereocenters. The maximum Gasteiger partial charge on any atom is 0.289 e. The largest absolute Gasteiger partial charge is 0.497 e. The SMILES string of the molecule is COc1ccc(C#Cc2ccc3c(c2)C(=O)C2(CCN(C(=O)c4ccco4)CC2)O3)cc1. The Kier molecular flexibility index (Phi) is 4.95. The van der Waals surface area contributed by atoms with Crippen LogP contribution in [0.5, 0.6) is 11.5 Å². The van der Waals surface area contributed by atoms with E-state index in [1.165, 1.54) is 6.26 Å². The first-order valence-corrected chi connectivity index (χ1v) is 10.4. The Bertz CT molecular complexity index is 1220. The quantitative estimate of drug-likeness (QED) is 0.580. The zero-order valence-electron chi connectivity index (χ0n) is 17.6. The molecule has 1 saturated heterocycles. The van der Waals surface area contributed by atoms with E-state index in [1.807, 2.05) is 30.3 Å². The third-order valence-corrected chi connectivity index (χ3v) is 5.97. The Morgan fingerprint density at radius 3 is 2.44 bits per heavy atom. The molecule has 32 heavy (non-hydrogen) atoms. The smallest absolute Gasteiger partial charge is 0.289 e. The number of carbonyl (C=O) groups is 2. The zero-order valence-corrected chi connectivity index (χ0v) is 17.6. The molecule has 2 aromatic carbocycles. The third kappa shape index (κ3) is 3.52. The summed E-state index contributed by atoms with van der Waals surface area (Å²) in [6, 6.07) is 16.3. The van der Waals surface area contributed by atoms with Gasteiger partial charge in [-0.3, -0.25) is 9.59 Å². The van der Waals surface area contributed by atoms with Crippen molar-refractivity contribution in [1.82, 2.24) is 4.90 Å².